The van der Waals surface area contributed by atoms with Gasteiger partial charge in [-0.2, -0.15) is 10.1 Å². The Morgan fingerprint density at radius 1 is 1.19 bits per heavy atom. The van der Waals surface area contributed by atoms with Gasteiger partial charge in [-0.3, -0.25) is 4.68 Å². The molecule has 1 aliphatic heterocycles. The molecule has 9 heteroatoms. The Bertz CT molecular complexity index is 1040. The van der Waals surface area contributed by atoms with E-state index in [4.69, 9.17) is 19.8 Å². The summed E-state index contributed by atoms with van der Waals surface area (Å²) in [5.41, 5.74) is 3.87. The maximum absolute atomic E-state index is 5.59. The van der Waals surface area contributed by atoms with Gasteiger partial charge in [0.15, 0.2) is 5.82 Å². The Labute approximate surface area is 189 Å². The van der Waals surface area contributed by atoms with E-state index in [1.165, 1.54) is 0 Å². The number of ether oxygens (including phenoxy) is 1. The van der Waals surface area contributed by atoms with E-state index in [1.54, 1.807) is 6.20 Å². The second kappa shape index (κ2) is 10.2. The van der Waals surface area contributed by atoms with E-state index < -0.39 is 0 Å². The predicted octanol–water partition coefficient (Wildman–Crippen LogP) is 3.38. The van der Waals surface area contributed by atoms with Crippen LogP contribution in [0.1, 0.15) is 37.9 Å². The fourth-order valence-electron chi connectivity index (χ4n) is 4.05. The van der Waals surface area contributed by atoms with Crippen LogP contribution in [0.4, 0.5) is 17.6 Å². The molecule has 32 heavy (non-hydrogen) atoms. The predicted molar refractivity (Wildman–Crippen MR) is 128 cm³/mol. The van der Waals surface area contributed by atoms with E-state index in [1.807, 2.05) is 23.7 Å². The van der Waals surface area contributed by atoms with Crippen LogP contribution in [0.3, 0.4) is 0 Å². The van der Waals surface area contributed by atoms with Crippen LogP contribution in [0.15, 0.2) is 18.3 Å². The number of nitrogens with zero attached hydrogens (tertiary/aromatic N) is 6. The molecule has 1 aliphatic rings. The van der Waals surface area contributed by atoms with E-state index in [0.717, 1.165) is 60.5 Å². The zero-order chi connectivity index (χ0) is 22.5. The standard InChI is InChI=1S/C23H34N8O/c1-5-18-20-21(31(29-18)13-14-32-6-2)22(26-19-15-16(3)7-10-24-19)28-23(27-20)25-17-8-11-30(4)12-9-17/h7,10,15,17H,5-6,8-9,11-14H2,1-4H3,(H2,24,25,26,27,28). The highest BCUT2D eigenvalue weighted by Gasteiger charge is 2.21. The van der Waals surface area contributed by atoms with E-state index in [-0.39, 0.29) is 0 Å². The minimum atomic E-state index is 0.367. The highest BCUT2D eigenvalue weighted by molar-refractivity contribution is 5.90. The van der Waals surface area contributed by atoms with Gasteiger partial charge < -0.3 is 20.3 Å². The first-order chi connectivity index (χ1) is 15.6. The molecule has 0 bridgehead atoms. The summed E-state index contributed by atoms with van der Waals surface area (Å²) >= 11 is 0. The smallest absolute Gasteiger partial charge is 0.225 e. The third-order valence-corrected chi connectivity index (χ3v) is 5.86. The van der Waals surface area contributed by atoms with Gasteiger partial charge in [-0.15, -0.1) is 0 Å². The van der Waals surface area contributed by atoms with Crippen molar-refractivity contribution in [2.24, 2.45) is 0 Å². The first-order valence-corrected chi connectivity index (χ1v) is 11.6. The number of hydrogen-bond donors (Lipinski definition) is 2. The van der Waals surface area contributed by atoms with Crippen molar-refractivity contribution < 1.29 is 4.74 Å². The Balaban J connectivity index is 1.73. The van der Waals surface area contributed by atoms with Gasteiger partial charge in [0.2, 0.25) is 5.95 Å². The fourth-order valence-corrected chi connectivity index (χ4v) is 4.05. The largest absolute Gasteiger partial charge is 0.380 e. The van der Waals surface area contributed by atoms with Gasteiger partial charge in [-0.25, -0.2) is 9.97 Å². The van der Waals surface area contributed by atoms with Gasteiger partial charge >= 0.3 is 0 Å². The van der Waals surface area contributed by atoms with Gasteiger partial charge in [0.05, 0.1) is 18.8 Å². The highest BCUT2D eigenvalue weighted by Crippen LogP contribution is 2.28. The zero-order valence-electron chi connectivity index (χ0n) is 19.6. The molecule has 0 unspecified atom stereocenters. The van der Waals surface area contributed by atoms with Crippen LogP contribution in [-0.4, -0.2) is 69.0 Å². The number of nitrogens with one attached hydrogen (secondary N) is 2. The Morgan fingerprint density at radius 3 is 2.72 bits per heavy atom. The molecule has 2 N–H and O–H groups in total. The van der Waals surface area contributed by atoms with Crippen LogP contribution < -0.4 is 10.6 Å². The number of fused-ring (bicyclic) bond motifs is 1. The molecule has 0 radical (unpaired) electrons. The fraction of sp³-hybridized carbons (Fsp3) is 0.565. The third-order valence-electron chi connectivity index (χ3n) is 5.86. The molecule has 0 spiro atoms. The van der Waals surface area contributed by atoms with Crippen LogP contribution in [0, 0.1) is 6.92 Å². The van der Waals surface area contributed by atoms with E-state index in [9.17, 15) is 0 Å². The topological polar surface area (TPSA) is 93.0 Å². The second-order valence-electron chi connectivity index (χ2n) is 8.38. The Morgan fingerprint density at radius 2 is 2.00 bits per heavy atom. The summed E-state index contributed by atoms with van der Waals surface area (Å²) in [7, 11) is 2.17. The molecule has 1 saturated heterocycles. The minimum Gasteiger partial charge on any atom is -0.380 e. The summed E-state index contributed by atoms with van der Waals surface area (Å²) in [6.45, 7) is 10.2. The van der Waals surface area contributed by atoms with Crippen molar-refractivity contribution in [3.05, 3.63) is 29.6 Å². The molecule has 9 nitrogen and oxygen atoms in total. The summed E-state index contributed by atoms with van der Waals surface area (Å²) in [5.74, 6) is 2.11. The van der Waals surface area contributed by atoms with Crippen molar-refractivity contribution in [3.8, 4) is 0 Å². The van der Waals surface area contributed by atoms with Crippen molar-refractivity contribution in [1.29, 1.82) is 0 Å². The molecule has 0 aliphatic carbocycles. The number of rotatable bonds is 9. The molecular formula is C23H34N8O. The van der Waals surface area contributed by atoms with E-state index >= 15 is 0 Å². The van der Waals surface area contributed by atoms with Crippen molar-refractivity contribution in [1.82, 2.24) is 29.6 Å². The lowest BCUT2D eigenvalue weighted by molar-refractivity contribution is 0.137. The quantitative estimate of drug-likeness (QED) is 0.491. The van der Waals surface area contributed by atoms with Crippen LogP contribution >= 0.6 is 0 Å². The van der Waals surface area contributed by atoms with Crippen LogP contribution in [0.2, 0.25) is 0 Å². The van der Waals surface area contributed by atoms with Crippen molar-refractivity contribution in [2.75, 3.05) is 44.0 Å². The molecule has 0 saturated carbocycles. The number of aryl methyl sites for hydroxylation is 2. The highest BCUT2D eigenvalue weighted by atomic mass is 16.5. The monoisotopic (exact) mass is 438 g/mol. The van der Waals surface area contributed by atoms with E-state index in [0.29, 0.717) is 37.6 Å². The summed E-state index contributed by atoms with van der Waals surface area (Å²) in [6.07, 6.45) is 4.76. The molecule has 0 atom stereocenters. The minimum absolute atomic E-state index is 0.367. The number of anilines is 3. The second-order valence-corrected chi connectivity index (χ2v) is 8.38. The first kappa shape index (κ1) is 22.4. The average molecular weight is 439 g/mol. The van der Waals surface area contributed by atoms with Gasteiger partial charge in [-0.05, 0) is 70.9 Å². The molecule has 3 aromatic heterocycles. The zero-order valence-corrected chi connectivity index (χ0v) is 19.6. The van der Waals surface area contributed by atoms with Crippen molar-refractivity contribution >= 4 is 28.6 Å². The molecular weight excluding hydrogens is 404 g/mol. The summed E-state index contributed by atoms with van der Waals surface area (Å²) < 4.78 is 7.54. The lowest BCUT2D eigenvalue weighted by Crippen LogP contribution is -2.37. The number of hydrogen-bond acceptors (Lipinski definition) is 8. The van der Waals surface area contributed by atoms with Crippen LogP contribution in [0.5, 0.6) is 0 Å². The summed E-state index contributed by atoms with van der Waals surface area (Å²) in [5, 5.41) is 11.8. The number of likely N-dealkylation sites (tertiary alicyclic amines) is 1. The van der Waals surface area contributed by atoms with Crippen LogP contribution in [0.25, 0.3) is 11.0 Å². The molecule has 0 aromatic carbocycles. The maximum atomic E-state index is 5.59. The molecule has 4 rings (SSSR count). The molecule has 1 fully saturated rings. The van der Waals surface area contributed by atoms with Gasteiger partial charge in [0.25, 0.3) is 0 Å². The van der Waals surface area contributed by atoms with Gasteiger partial charge in [-0.1, -0.05) is 6.92 Å². The lowest BCUT2D eigenvalue weighted by Gasteiger charge is -2.29. The number of pyridine rings is 1. The van der Waals surface area contributed by atoms with Gasteiger partial charge in [0.1, 0.15) is 16.9 Å². The lowest BCUT2D eigenvalue weighted by atomic mass is 10.1. The maximum Gasteiger partial charge on any atom is 0.225 e. The van der Waals surface area contributed by atoms with Crippen LogP contribution in [-0.2, 0) is 17.7 Å². The SMILES string of the molecule is CCOCCn1nc(CC)c2nc(NC3CCN(C)CC3)nc(Nc3cc(C)ccn3)c21. The Kier molecular flexibility index (Phi) is 7.16. The number of aromatic nitrogens is 5. The van der Waals surface area contributed by atoms with Crippen molar-refractivity contribution in [2.45, 2.75) is 52.6 Å². The third kappa shape index (κ3) is 5.16. The van der Waals surface area contributed by atoms with Gasteiger partial charge in [0, 0.05) is 18.8 Å². The first-order valence-electron chi connectivity index (χ1n) is 11.6. The Hall–Kier alpha value is -2.78. The summed E-state index contributed by atoms with van der Waals surface area (Å²) in [6, 6.07) is 4.36. The molecule has 0 amide bonds. The van der Waals surface area contributed by atoms with Crippen molar-refractivity contribution in [3.63, 3.8) is 0 Å². The molecule has 3 aromatic rings. The number of piperidine rings is 1. The molecule has 172 valence electrons. The normalized spacial score (nSPS) is 15.4. The molecule has 4 heterocycles. The summed E-state index contributed by atoms with van der Waals surface area (Å²) in [4.78, 5) is 16.6. The average Bonchev–Trinajstić information content (AvgIpc) is 3.13. The van der Waals surface area contributed by atoms with E-state index in [2.05, 4.69) is 41.4 Å².